The molecular weight excluding hydrogens is 350 g/mol. The highest BCUT2D eigenvalue weighted by atomic mass is 16.5. The highest BCUT2D eigenvalue weighted by Crippen LogP contribution is 2.30. The molecule has 2 aromatic rings. The van der Waals surface area contributed by atoms with E-state index in [1.165, 1.54) is 24.3 Å². The lowest BCUT2D eigenvalue weighted by molar-refractivity contribution is 0.0696. The average molecular weight is 373 g/mol. The van der Waals surface area contributed by atoms with E-state index in [0.29, 0.717) is 30.3 Å². The molecule has 0 aliphatic rings. The summed E-state index contributed by atoms with van der Waals surface area (Å²) in [6.07, 6.45) is 0. The molecule has 1 amide bonds. The Kier molecular flexibility index (Phi) is 7.19. The minimum absolute atomic E-state index is 0.133. The lowest BCUT2D eigenvalue weighted by atomic mass is 10.1. The largest absolute Gasteiger partial charge is 0.493 e. The second-order valence-electron chi connectivity index (χ2n) is 5.83. The zero-order valence-electron chi connectivity index (χ0n) is 15.5. The SMILES string of the molecule is COCCOc1ccc(C(C)NC(=O)c2ccc(C(=O)O)cc2)cc1OC. The topological polar surface area (TPSA) is 94.1 Å². The van der Waals surface area contributed by atoms with Crippen LogP contribution in [0.4, 0.5) is 0 Å². The van der Waals surface area contributed by atoms with Crippen LogP contribution >= 0.6 is 0 Å². The van der Waals surface area contributed by atoms with Crippen molar-refractivity contribution in [2.75, 3.05) is 27.4 Å². The van der Waals surface area contributed by atoms with Crippen LogP contribution in [0, 0.1) is 0 Å². The van der Waals surface area contributed by atoms with E-state index in [0.717, 1.165) is 5.56 Å². The molecule has 0 aromatic heterocycles. The van der Waals surface area contributed by atoms with E-state index in [9.17, 15) is 9.59 Å². The third-order valence-electron chi connectivity index (χ3n) is 3.97. The molecule has 0 bridgehead atoms. The molecule has 0 saturated heterocycles. The molecule has 0 aliphatic heterocycles. The van der Waals surface area contributed by atoms with E-state index in [1.807, 2.05) is 13.0 Å². The summed E-state index contributed by atoms with van der Waals surface area (Å²) < 4.78 is 15.9. The van der Waals surface area contributed by atoms with Crippen LogP contribution in [-0.4, -0.2) is 44.4 Å². The molecule has 1 atom stereocenters. The van der Waals surface area contributed by atoms with Gasteiger partial charge in [-0.05, 0) is 48.9 Å². The number of carboxylic acid groups (broad SMARTS) is 1. The maximum Gasteiger partial charge on any atom is 0.335 e. The first-order valence-corrected chi connectivity index (χ1v) is 8.40. The fourth-order valence-electron chi connectivity index (χ4n) is 2.44. The van der Waals surface area contributed by atoms with Crippen LogP contribution in [0.15, 0.2) is 42.5 Å². The number of rotatable bonds is 9. The standard InChI is InChI=1S/C20H23NO6/c1-13(21-19(22)14-4-6-15(7-5-14)20(23)24)16-8-9-17(18(12-16)26-3)27-11-10-25-2/h4-9,12-13H,10-11H2,1-3H3,(H,21,22)(H,23,24). The summed E-state index contributed by atoms with van der Waals surface area (Å²) in [5, 5.41) is 11.8. The van der Waals surface area contributed by atoms with Gasteiger partial charge in [0.2, 0.25) is 0 Å². The Morgan fingerprint density at radius 3 is 2.26 bits per heavy atom. The third kappa shape index (κ3) is 5.46. The maximum atomic E-state index is 12.4. The number of hydrogen-bond donors (Lipinski definition) is 2. The summed E-state index contributed by atoms with van der Waals surface area (Å²) in [6.45, 7) is 2.73. The van der Waals surface area contributed by atoms with Gasteiger partial charge in [-0.3, -0.25) is 4.79 Å². The normalized spacial score (nSPS) is 11.5. The van der Waals surface area contributed by atoms with Crippen LogP contribution in [0.5, 0.6) is 11.5 Å². The average Bonchev–Trinajstić information content (AvgIpc) is 2.68. The van der Waals surface area contributed by atoms with Crippen molar-refractivity contribution in [1.29, 1.82) is 0 Å². The van der Waals surface area contributed by atoms with Crippen molar-refractivity contribution in [2.24, 2.45) is 0 Å². The van der Waals surface area contributed by atoms with E-state index < -0.39 is 5.97 Å². The van der Waals surface area contributed by atoms with Gasteiger partial charge in [0.1, 0.15) is 6.61 Å². The number of methoxy groups -OCH3 is 2. The number of carbonyl (C=O) groups is 2. The van der Waals surface area contributed by atoms with Crippen LogP contribution in [0.25, 0.3) is 0 Å². The number of ether oxygens (including phenoxy) is 3. The molecule has 0 spiro atoms. The van der Waals surface area contributed by atoms with Gasteiger partial charge in [0.25, 0.3) is 5.91 Å². The minimum atomic E-state index is -1.03. The summed E-state index contributed by atoms with van der Waals surface area (Å²) in [6, 6.07) is 10.9. The summed E-state index contributed by atoms with van der Waals surface area (Å²) in [7, 11) is 3.15. The van der Waals surface area contributed by atoms with Gasteiger partial charge in [0, 0.05) is 12.7 Å². The second kappa shape index (κ2) is 9.59. The Morgan fingerprint density at radius 1 is 1.00 bits per heavy atom. The molecule has 0 aliphatic carbocycles. The fourth-order valence-corrected chi connectivity index (χ4v) is 2.44. The van der Waals surface area contributed by atoms with E-state index in [1.54, 1.807) is 26.4 Å². The molecule has 0 radical (unpaired) electrons. The Balaban J connectivity index is 2.06. The maximum absolute atomic E-state index is 12.4. The molecule has 7 nitrogen and oxygen atoms in total. The summed E-state index contributed by atoms with van der Waals surface area (Å²) in [4.78, 5) is 23.3. The third-order valence-corrected chi connectivity index (χ3v) is 3.97. The molecule has 144 valence electrons. The van der Waals surface area contributed by atoms with Crippen LogP contribution in [0.2, 0.25) is 0 Å². The van der Waals surface area contributed by atoms with E-state index >= 15 is 0 Å². The molecule has 2 aromatic carbocycles. The number of aromatic carboxylic acids is 1. The van der Waals surface area contributed by atoms with Crippen molar-refractivity contribution in [3.8, 4) is 11.5 Å². The van der Waals surface area contributed by atoms with Gasteiger partial charge in [0.05, 0.1) is 25.3 Å². The first kappa shape index (κ1) is 20.3. The van der Waals surface area contributed by atoms with Crippen molar-refractivity contribution < 1.29 is 28.9 Å². The van der Waals surface area contributed by atoms with Crippen molar-refractivity contribution in [1.82, 2.24) is 5.32 Å². The Hall–Kier alpha value is -3.06. The first-order chi connectivity index (χ1) is 13.0. The number of amides is 1. The molecule has 27 heavy (non-hydrogen) atoms. The van der Waals surface area contributed by atoms with Gasteiger partial charge in [-0.15, -0.1) is 0 Å². The van der Waals surface area contributed by atoms with E-state index in [4.69, 9.17) is 19.3 Å². The predicted molar refractivity (Wildman–Crippen MR) is 99.6 cm³/mol. The molecule has 7 heteroatoms. The number of nitrogens with one attached hydrogen (secondary N) is 1. The number of benzene rings is 2. The molecule has 0 heterocycles. The lowest BCUT2D eigenvalue weighted by Gasteiger charge is -2.17. The molecular formula is C20H23NO6. The lowest BCUT2D eigenvalue weighted by Crippen LogP contribution is -2.26. The predicted octanol–water partition coefficient (Wildman–Crippen LogP) is 2.91. The zero-order chi connectivity index (χ0) is 19.8. The van der Waals surface area contributed by atoms with Gasteiger partial charge >= 0.3 is 5.97 Å². The Bertz CT molecular complexity index is 788. The summed E-state index contributed by atoms with van der Waals surface area (Å²) in [5.74, 6) is -0.161. The van der Waals surface area contributed by atoms with Gasteiger partial charge in [-0.1, -0.05) is 6.07 Å². The van der Waals surface area contributed by atoms with Crippen LogP contribution in [0.1, 0.15) is 39.2 Å². The zero-order valence-corrected chi connectivity index (χ0v) is 15.5. The second-order valence-corrected chi connectivity index (χ2v) is 5.83. The minimum Gasteiger partial charge on any atom is -0.493 e. The highest BCUT2D eigenvalue weighted by Gasteiger charge is 2.15. The molecule has 2 rings (SSSR count). The van der Waals surface area contributed by atoms with Gasteiger partial charge in [-0.25, -0.2) is 4.79 Å². The van der Waals surface area contributed by atoms with E-state index in [2.05, 4.69) is 5.32 Å². The number of carboxylic acids is 1. The van der Waals surface area contributed by atoms with Crippen molar-refractivity contribution in [2.45, 2.75) is 13.0 Å². The van der Waals surface area contributed by atoms with Gasteiger partial charge in [0.15, 0.2) is 11.5 Å². The fraction of sp³-hybridized carbons (Fsp3) is 0.300. The molecule has 0 fully saturated rings. The highest BCUT2D eigenvalue weighted by molar-refractivity contribution is 5.96. The van der Waals surface area contributed by atoms with Crippen LogP contribution in [0.3, 0.4) is 0 Å². The van der Waals surface area contributed by atoms with Crippen LogP contribution in [-0.2, 0) is 4.74 Å². The van der Waals surface area contributed by atoms with E-state index in [-0.39, 0.29) is 17.5 Å². The van der Waals surface area contributed by atoms with Crippen molar-refractivity contribution in [3.63, 3.8) is 0 Å². The van der Waals surface area contributed by atoms with Gasteiger partial charge < -0.3 is 24.6 Å². The van der Waals surface area contributed by atoms with Crippen molar-refractivity contribution >= 4 is 11.9 Å². The van der Waals surface area contributed by atoms with Crippen molar-refractivity contribution in [3.05, 3.63) is 59.2 Å². The number of carbonyl (C=O) groups excluding carboxylic acids is 1. The Labute approximate surface area is 157 Å². The smallest absolute Gasteiger partial charge is 0.335 e. The molecule has 2 N–H and O–H groups in total. The Morgan fingerprint density at radius 2 is 1.67 bits per heavy atom. The van der Waals surface area contributed by atoms with Gasteiger partial charge in [-0.2, -0.15) is 0 Å². The van der Waals surface area contributed by atoms with Crippen LogP contribution < -0.4 is 14.8 Å². The molecule has 1 unspecified atom stereocenters. The summed E-state index contributed by atoms with van der Waals surface area (Å²) in [5.41, 5.74) is 1.37. The first-order valence-electron chi connectivity index (χ1n) is 8.40. The molecule has 0 saturated carbocycles. The summed E-state index contributed by atoms with van der Waals surface area (Å²) >= 11 is 0. The quantitative estimate of drug-likeness (QED) is 0.657. The monoisotopic (exact) mass is 373 g/mol. The number of hydrogen-bond acceptors (Lipinski definition) is 5.